The van der Waals surface area contributed by atoms with Gasteiger partial charge in [0.15, 0.2) is 0 Å². The Morgan fingerprint density at radius 2 is 1.19 bits per heavy atom. The van der Waals surface area contributed by atoms with Crippen molar-refractivity contribution >= 4 is 70.5 Å². The van der Waals surface area contributed by atoms with Gasteiger partial charge in [0.05, 0.1) is 22.7 Å². The molecule has 1 heterocycles. The zero-order chi connectivity index (χ0) is 34.9. The van der Waals surface area contributed by atoms with E-state index in [1.54, 1.807) is 0 Å². The maximum atomic E-state index is 9.98. The summed E-state index contributed by atoms with van der Waals surface area (Å²) in [6.45, 7) is 5.98. The molecule has 0 radical (unpaired) electrons. The van der Waals surface area contributed by atoms with Crippen molar-refractivity contribution in [1.29, 1.82) is 5.26 Å². The highest BCUT2D eigenvalue weighted by Gasteiger charge is 2.20. The third-order valence-electron chi connectivity index (χ3n) is 10.8. The van der Waals surface area contributed by atoms with E-state index in [-0.39, 0.29) is 0 Å². The number of benzene rings is 9. The Kier molecular flexibility index (Phi) is 6.65. The van der Waals surface area contributed by atoms with Crippen LogP contribution in [0.25, 0.3) is 98.4 Å². The van der Waals surface area contributed by atoms with Crippen molar-refractivity contribution < 1.29 is 0 Å². The molecule has 10 rings (SSSR count). The van der Waals surface area contributed by atoms with Crippen molar-refractivity contribution in [1.82, 2.24) is 4.57 Å². The van der Waals surface area contributed by atoms with Crippen molar-refractivity contribution in [3.63, 3.8) is 0 Å². The lowest BCUT2D eigenvalue weighted by atomic mass is 9.89. The second-order valence-corrected chi connectivity index (χ2v) is 13.6. The molecule has 0 atom stereocenters. The first kappa shape index (κ1) is 29.9. The molecule has 9 aromatic carbocycles. The molecule has 0 aliphatic heterocycles. The Morgan fingerprint density at radius 3 is 1.83 bits per heavy atom. The predicted molar refractivity (Wildman–Crippen MR) is 222 cm³/mol. The summed E-state index contributed by atoms with van der Waals surface area (Å²) >= 11 is 0. The van der Waals surface area contributed by atoms with Gasteiger partial charge in [0.2, 0.25) is 0 Å². The average Bonchev–Trinajstić information content (AvgIpc) is 3.54. The molecule has 10 aromatic rings. The topological polar surface area (TPSA) is 28.7 Å². The van der Waals surface area contributed by atoms with Gasteiger partial charge in [-0.2, -0.15) is 5.26 Å². The highest BCUT2D eigenvalue weighted by atomic mass is 15.0. The van der Waals surface area contributed by atoms with Crippen LogP contribution in [0.5, 0.6) is 0 Å². The van der Waals surface area contributed by atoms with E-state index in [1.165, 1.54) is 70.9 Å². The van der Waals surface area contributed by atoms with Gasteiger partial charge in [0.1, 0.15) is 0 Å². The number of rotatable bonds is 6. The first-order valence-electron chi connectivity index (χ1n) is 17.7. The molecule has 1 aromatic heterocycles. The van der Waals surface area contributed by atoms with Crippen molar-refractivity contribution in [2.75, 3.05) is 0 Å². The van der Waals surface area contributed by atoms with Crippen LogP contribution < -0.4 is 0 Å². The lowest BCUT2D eigenvalue weighted by Crippen LogP contribution is -1.93. The Hall–Kier alpha value is -6.95. The van der Waals surface area contributed by atoms with E-state index < -0.39 is 0 Å². The van der Waals surface area contributed by atoms with Gasteiger partial charge in [0, 0.05) is 21.8 Å². The highest BCUT2D eigenvalue weighted by Crippen LogP contribution is 2.44. The minimum absolute atomic E-state index is 0.703. The number of aromatic nitrogens is 1. The van der Waals surface area contributed by atoms with Gasteiger partial charge in [-0.1, -0.05) is 116 Å². The second-order valence-electron chi connectivity index (χ2n) is 13.6. The van der Waals surface area contributed by atoms with Gasteiger partial charge in [-0.15, -0.1) is 0 Å². The van der Waals surface area contributed by atoms with E-state index in [4.69, 9.17) is 0 Å². The lowest BCUT2D eigenvalue weighted by Gasteiger charge is -2.15. The zero-order valence-corrected chi connectivity index (χ0v) is 28.7. The summed E-state index contributed by atoms with van der Waals surface area (Å²) in [7, 11) is 0. The molecule has 242 valence electrons. The third-order valence-corrected chi connectivity index (χ3v) is 10.8. The summed E-state index contributed by atoms with van der Waals surface area (Å²) in [5, 5.41) is 22.1. The van der Waals surface area contributed by atoms with Crippen LogP contribution in [0.3, 0.4) is 0 Å². The van der Waals surface area contributed by atoms with E-state index >= 15 is 0 Å². The van der Waals surface area contributed by atoms with Crippen LogP contribution in [-0.2, 0) is 0 Å². The summed E-state index contributed by atoms with van der Waals surface area (Å²) in [6.07, 6.45) is 8.14. The van der Waals surface area contributed by atoms with Crippen LogP contribution in [-0.4, -0.2) is 4.57 Å². The van der Waals surface area contributed by atoms with E-state index in [0.717, 1.165) is 33.1 Å². The smallest absolute Gasteiger partial charge is 0.0998 e. The van der Waals surface area contributed by atoms with Crippen molar-refractivity contribution in [2.24, 2.45) is 0 Å². The Labute approximate surface area is 301 Å². The first-order valence-corrected chi connectivity index (χ1v) is 17.7. The van der Waals surface area contributed by atoms with Gasteiger partial charge in [-0.25, -0.2) is 0 Å². The number of allylic oxidation sites excluding steroid dienone is 5. The van der Waals surface area contributed by atoms with Gasteiger partial charge < -0.3 is 4.57 Å². The molecule has 0 spiro atoms. The minimum atomic E-state index is 0.703. The second kappa shape index (κ2) is 11.6. The van der Waals surface area contributed by atoms with Crippen LogP contribution in [0, 0.1) is 11.3 Å². The number of nitriles is 1. The lowest BCUT2D eigenvalue weighted by molar-refractivity contribution is 1.18. The molecule has 2 nitrogen and oxygen atoms in total. The van der Waals surface area contributed by atoms with Gasteiger partial charge in [0.25, 0.3) is 0 Å². The summed E-state index contributed by atoms with van der Waals surface area (Å²) in [6, 6.07) is 53.1. The Morgan fingerprint density at radius 1 is 0.596 bits per heavy atom. The van der Waals surface area contributed by atoms with Crippen LogP contribution in [0.4, 0.5) is 0 Å². The summed E-state index contributed by atoms with van der Waals surface area (Å²) in [5.41, 5.74) is 11.2. The van der Waals surface area contributed by atoms with Crippen molar-refractivity contribution in [3.05, 3.63) is 182 Å². The van der Waals surface area contributed by atoms with Crippen molar-refractivity contribution in [2.45, 2.75) is 6.92 Å². The fraction of sp³-hybridized carbons (Fsp3) is 0.0200. The normalized spacial score (nSPS) is 12.4. The summed E-state index contributed by atoms with van der Waals surface area (Å²) in [5.74, 6) is 0. The molecule has 52 heavy (non-hydrogen) atoms. The van der Waals surface area contributed by atoms with Crippen LogP contribution in [0.2, 0.25) is 0 Å². The molecule has 0 bridgehead atoms. The molecule has 0 N–H and O–H groups in total. The average molecular weight is 661 g/mol. The van der Waals surface area contributed by atoms with Crippen LogP contribution >= 0.6 is 0 Å². The molecule has 0 aliphatic rings. The fourth-order valence-electron chi connectivity index (χ4n) is 8.53. The van der Waals surface area contributed by atoms with E-state index in [1.807, 2.05) is 25.1 Å². The van der Waals surface area contributed by atoms with E-state index in [0.29, 0.717) is 5.56 Å². The summed E-state index contributed by atoms with van der Waals surface area (Å²) < 4.78 is 2.32. The molecular weight excluding hydrogens is 629 g/mol. The van der Waals surface area contributed by atoms with Crippen LogP contribution in [0.15, 0.2) is 170 Å². The minimum Gasteiger partial charge on any atom is -0.309 e. The SMILES string of the molecule is C=C/C=C(\C=C/C)c1cc2ccc3cc(-c4ccc(-c5ccc6c7c5ccc5c(C#N)ccc(c57)n6-c5ccccc5)cc4)cc4ccc(c1)c2c34. The molecular formula is C50H32N2. The number of nitrogens with zero attached hydrogens (tertiary/aromatic N) is 2. The molecule has 0 amide bonds. The molecule has 0 saturated carbocycles. The molecule has 0 saturated heterocycles. The molecule has 0 fully saturated rings. The largest absolute Gasteiger partial charge is 0.309 e. The number of para-hydroxylation sites is 1. The highest BCUT2D eigenvalue weighted by molar-refractivity contribution is 6.28. The zero-order valence-electron chi connectivity index (χ0n) is 28.7. The monoisotopic (exact) mass is 660 g/mol. The van der Waals surface area contributed by atoms with Gasteiger partial charge in [-0.3, -0.25) is 0 Å². The Bertz CT molecular complexity index is 3060. The van der Waals surface area contributed by atoms with E-state index in [2.05, 4.69) is 163 Å². The third kappa shape index (κ3) is 4.37. The van der Waals surface area contributed by atoms with Crippen LogP contribution in [0.1, 0.15) is 18.1 Å². The van der Waals surface area contributed by atoms with E-state index in [9.17, 15) is 5.26 Å². The number of hydrogen-bond acceptors (Lipinski definition) is 1. The van der Waals surface area contributed by atoms with Crippen molar-refractivity contribution in [3.8, 4) is 34.0 Å². The maximum absolute atomic E-state index is 9.98. The quantitative estimate of drug-likeness (QED) is 0.129. The number of hydrogen-bond donors (Lipinski definition) is 0. The predicted octanol–water partition coefficient (Wildman–Crippen LogP) is 13.6. The Balaban J connectivity index is 1.08. The van der Waals surface area contributed by atoms with Gasteiger partial charge >= 0.3 is 0 Å². The molecule has 0 aliphatic carbocycles. The summed E-state index contributed by atoms with van der Waals surface area (Å²) in [4.78, 5) is 0. The molecule has 2 heteroatoms. The first-order chi connectivity index (χ1) is 25.6. The molecule has 0 unspecified atom stereocenters. The maximum Gasteiger partial charge on any atom is 0.0998 e. The standard InChI is InChI=1S/C50H32N2/c1-3-8-31(9-4-2)39-26-34-16-18-36-28-40(29-37-19-17-35(27-39)47(34)48(36)37)32-12-14-33(15-13-32)42-23-25-46-50-44(42)22-21-43-38(30-51)20-24-45(49(43)50)52(46)41-10-6-5-7-11-41/h3-29H,1H2,2H3/b9-4-,31-8+. The fourth-order valence-corrected chi connectivity index (χ4v) is 8.53. The van der Waals surface area contributed by atoms with Gasteiger partial charge in [-0.05, 0) is 133 Å².